The Morgan fingerprint density at radius 2 is 1.95 bits per heavy atom. The molecule has 0 radical (unpaired) electrons. The molecule has 0 saturated heterocycles. The number of aliphatic hydroxyl groups is 1. The van der Waals surface area contributed by atoms with Gasteiger partial charge in [0.15, 0.2) is 0 Å². The van der Waals surface area contributed by atoms with Crippen LogP contribution in [-0.2, 0) is 4.74 Å². The van der Waals surface area contributed by atoms with Crippen molar-refractivity contribution in [2.24, 2.45) is 0 Å². The minimum atomic E-state index is -0.546. The number of methoxy groups -OCH3 is 1. The molecule has 2 N–H and O–H groups in total. The van der Waals surface area contributed by atoms with Gasteiger partial charge in [-0.15, -0.1) is 0 Å². The van der Waals surface area contributed by atoms with Gasteiger partial charge in [-0.25, -0.2) is 4.79 Å². The highest BCUT2D eigenvalue weighted by molar-refractivity contribution is 5.84. The van der Waals surface area contributed by atoms with E-state index in [1.807, 2.05) is 0 Å². The Morgan fingerprint density at radius 3 is 2.58 bits per heavy atom. The lowest BCUT2D eigenvalue weighted by Crippen LogP contribution is -2.35. The monoisotopic (exact) mass is 265 g/mol. The van der Waals surface area contributed by atoms with Crippen LogP contribution in [0.25, 0.3) is 0 Å². The molecule has 104 valence electrons. The molecular weight excluding hydrogens is 246 g/mol. The van der Waals surface area contributed by atoms with Crippen LogP contribution in [0.15, 0.2) is 24.3 Å². The Balaban J connectivity index is 1.86. The van der Waals surface area contributed by atoms with Gasteiger partial charge in [0.05, 0.1) is 13.2 Å². The van der Waals surface area contributed by atoms with Crippen molar-refractivity contribution in [2.45, 2.75) is 37.9 Å². The first kappa shape index (κ1) is 13.7. The normalized spacial score (nSPS) is 22.6. The maximum atomic E-state index is 11.7. The maximum Gasteiger partial charge on any atom is 0.411 e. The van der Waals surface area contributed by atoms with E-state index >= 15 is 0 Å². The van der Waals surface area contributed by atoms with Gasteiger partial charge in [0.1, 0.15) is 11.9 Å². The van der Waals surface area contributed by atoms with Crippen LogP contribution in [0.5, 0.6) is 5.75 Å². The van der Waals surface area contributed by atoms with Crippen LogP contribution in [-0.4, -0.2) is 30.5 Å². The summed E-state index contributed by atoms with van der Waals surface area (Å²) in [7, 11) is 1.58. The van der Waals surface area contributed by atoms with Gasteiger partial charge in [0, 0.05) is 5.69 Å². The Kier molecular flexibility index (Phi) is 4.63. The van der Waals surface area contributed by atoms with E-state index in [2.05, 4.69) is 5.32 Å². The molecule has 1 aromatic carbocycles. The van der Waals surface area contributed by atoms with Gasteiger partial charge in [-0.3, -0.25) is 5.32 Å². The number of hydrogen-bond donors (Lipinski definition) is 2. The number of benzene rings is 1. The fraction of sp³-hybridized carbons (Fsp3) is 0.500. The number of ether oxygens (including phenoxy) is 2. The summed E-state index contributed by atoms with van der Waals surface area (Å²) in [6, 6.07) is 6.98. The Labute approximate surface area is 112 Å². The lowest BCUT2D eigenvalue weighted by Gasteiger charge is -2.27. The molecule has 19 heavy (non-hydrogen) atoms. The molecule has 0 spiro atoms. The van der Waals surface area contributed by atoms with Crippen molar-refractivity contribution in [1.29, 1.82) is 0 Å². The zero-order valence-electron chi connectivity index (χ0n) is 11.0. The Hall–Kier alpha value is -1.75. The summed E-state index contributed by atoms with van der Waals surface area (Å²) in [5, 5.41) is 12.4. The Bertz CT molecular complexity index is 418. The first-order valence-corrected chi connectivity index (χ1v) is 6.49. The van der Waals surface area contributed by atoms with Crippen LogP contribution >= 0.6 is 0 Å². The number of carbonyl (C=O) groups excluding carboxylic acids is 1. The number of nitrogens with one attached hydrogen (secondary N) is 1. The summed E-state index contributed by atoms with van der Waals surface area (Å²) >= 11 is 0. The lowest BCUT2D eigenvalue weighted by atomic mass is 9.95. The van der Waals surface area contributed by atoms with Crippen molar-refractivity contribution in [3.63, 3.8) is 0 Å². The van der Waals surface area contributed by atoms with Crippen LogP contribution in [0, 0.1) is 0 Å². The lowest BCUT2D eigenvalue weighted by molar-refractivity contribution is -0.0165. The number of hydrogen-bond acceptors (Lipinski definition) is 4. The fourth-order valence-electron chi connectivity index (χ4n) is 2.17. The minimum absolute atomic E-state index is 0.396. The molecule has 1 fully saturated rings. The first-order chi connectivity index (χ1) is 9.19. The molecule has 1 aliphatic carbocycles. The van der Waals surface area contributed by atoms with Crippen molar-refractivity contribution in [1.82, 2.24) is 0 Å². The predicted molar refractivity (Wildman–Crippen MR) is 71.4 cm³/mol. The van der Waals surface area contributed by atoms with Gasteiger partial charge in [0.25, 0.3) is 0 Å². The molecule has 5 heteroatoms. The third kappa shape index (κ3) is 3.86. The largest absolute Gasteiger partial charge is 0.497 e. The second-order valence-electron chi connectivity index (χ2n) is 4.65. The van der Waals surface area contributed by atoms with Crippen LogP contribution in [0.2, 0.25) is 0 Å². The molecule has 1 saturated carbocycles. The third-order valence-electron chi connectivity index (χ3n) is 3.26. The quantitative estimate of drug-likeness (QED) is 0.881. The minimum Gasteiger partial charge on any atom is -0.497 e. The van der Waals surface area contributed by atoms with Crippen molar-refractivity contribution in [2.75, 3.05) is 12.4 Å². The van der Waals surface area contributed by atoms with E-state index in [1.54, 1.807) is 31.4 Å². The maximum absolute atomic E-state index is 11.7. The van der Waals surface area contributed by atoms with Crippen molar-refractivity contribution in [3.8, 4) is 5.75 Å². The fourth-order valence-corrected chi connectivity index (χ4v) is 2.17. The molecule has 0 unspecified atom stereocenters. The number of carbonyl (C=O) groups is 1. The van der Waals surface area contributed by atoms with E-state index in [9.17, 15) is 9.90 Å². The van der Waals surface area contributed by atoms with E-state index < -0.39 is 18.3 Å². The highest BCUT2D eigenvalue weighted by atomic mass is 16.6. The highest BCUT2D eigenvalue weighted by Gasteiger charge is 2.26. The summed E-state index contributed by atoms with van der Waals surface area (Å²) < 4.78 is 10.3. The van der Waals surface area contributed by atoms with Crippen molar-refractivity contribution in [3.05, 3.63) is 24.3 Å². The molecule has 5 nitrogen and oxygen atoms in total. The number of anilines is 1. The number of aliphatic hydroxyl groups excluding tert-OH is 1. The van der Waals surface area contributed by atoms with E-state index in [1.165, 1.54) is 0 Å². The summed E-state index contributed by atoms with van der Waals surface area (Å²) in [4.78, 5) is 11.7. The average Bonchev–Trinajstić information content (AvgIpc) is 2.42. The highest BCUT2D eigenvalue weighted by Crippen LogP contribution is 2.22. The molecule has 1 aromatic rings. The van der Waals surface area contributed by atoms with Gasteiger partial charge < -0.3 is 14.6 Å². The molecule has 2 rings (SSSR count). The standard InChI is InChI=1S/C14H19NO4/c1-18-11-8-6-10(7-9-11)15-14(17)19-13-5-3-2-4-12(13)16/h6-9,12-13,16H,2-5H2,1H3,(H,15,17)/t12-,13+/m0/s1. The summed E-state index contributed by atoms with van der Waals surface area (Å²) in [5.74, 6) is 0.724. The molecular formula is C14H19NO4. The molecule has 0 aliphatic heterocycles. The zero-order chi connectivity index (χ0) is 13.7. The van der Waals surface area contributed by atoms with Crippen molar-refractivity contribution < 1.29 is 19.4 Å². The second-order valence-corrected chi connectivity index (χ2v) is 4.65. The molecule has 0 heterocycles. The van der Waals surface area contributed by atoms with Crippen molar-refractivity contribution >= 4 is 11.8 Å². The predicted octanol–water partition coefficient (Wildman–Crippen LogP) is 2.55. The van der Waals surface area contributed by atoms with E-state index in [4.69, 9.17) is 9.47 Å². The van der Waals surface area contributed by atoms with Gasteiger partial charge in [0.2, 0.25) is 0 Å². The van der Waals surface area contributed by atoms with Crippen LogP contribution < -0.4 is 10.1 Å². The van der Waals surface area contributed by atoms with Crippen LogP contribution in [0.4, 0.5) is 10.5 Å². The smallest absolute Gasteiger partial charge is 0.411 e. The summed E-state index contributed by atoms with van der Waals surface area (Å²) in [6.07, 6.45) is 1.91. The molecule has 2 atom stereocenters. The van der Waals surface area contributed by atoms with Gasteiger partial charge in [-0.1, -0.05) is 6.42 Å². The first-order valence-electron chi connectivity index (χ1n) is 6.49. The summed E-state index contributed by atoms with van der Waals surface area (Å²) in [5.41, 5.74) is 0.635. The van der Waals surface area contributed by atoms with E-state index in [-0.39, 0.29) is 0 Å². The molecule has 0 aromatic heterocycles. The summed E-state index contributed by atoms with van der Waals surface area (Å²) in [6.45, 7) is 0. The second kappa shape index (κ2) is 6.43. The van der Waals surface area contributed by atoms with Crippen LogP contribution in [0.3, 0.4) is 0 Å². The Morgan fingerprint density at radius 1 is 1.26 bits per heavy atom. The third-order valence-corrected chi connectivity index (χ3v) is 3.26. The van der Waals surface area contributed by atoms with E-state index in [0.717, 1.165) is 25.0 Å². The molecule has 0 bridgehead atoms. The zero-order valence-corrected chi connectivity index (χ0v) is 11.0. The SMILES string of the molecule is COc1ccc(NC(=O)O[C@@H]2CCCC[C@@H]2O)cc1. The molecule has 1 amide bonds. The van der Waals surface area contributed by atoms with E-state index in [0.29, 0.717) is 12.1 Å². The number of amides is 1. The van der Waals surface area contributed by atoms with Crippen LogP contribution in [0.1, 0.15) is 25.7 Å². The molecule has 1 aliphatic rings. The van der Waals surface area contributed by atoms with Gasteiger partial charge >= 0.3 is 6.09 Å². The number of rotatable bonds is 3. The van der Waals surface area contributed by atoms with Gasteiger partial charge in [-0.2, -0.15) is 0 Å². The average molecular weight is 265 g/mol. The van der Waals surface area contributed by atoms with Gasteiger partial charge in [-0.05, 0) is 43.5 Å². The topological polar surface area (TPSA) is 67.8 Å².